The fraction of sp³-hybridized carbons (Fsp3) is 0.200. The smallest absolute Gasteiger partial charge is 0.246 e. The van der Waals surface area contributed by atoms with Gasteiger partial charge in [-0.05, 0) is 11.6 Å². The molecule has 0 N–H and O–H groups in total. The van der Waals surface area contributed by atoms with E-state index in [1.54, 1.807) is 13.0 Å². The van der Waals surface area contributed by atoms with E-state index < -0.39 is 0 Å². The van der Waals surface area contributed by atoms with Crippen LogP contribution < -0.4 is 0 Å². The highest BCUT2D eigenvalue weighted by Gasteiger charge is 2.07. The van der Waals surface area contributed by atoms with Crippen LogP contribution in [0.5, 0.6) is 0 Å². The van der Waals surface area contributed by atoms with Gasteiger partial charge in [-0.3, -0.25) is 10.1 Å². The maximum Gasteiger partial charge on any atom is 0.246 e. The molecule has 0 amide bonds. The average molecular weight is 256 g/mol. The van der Waals surface area contributed by atoms with Gasteiger partial charge in [-0.1, -0.05) is 41.1 Å². The first-order chi connectivity index (χ1) is 6.65. The van der Waals surface area contributed by atoms with E-state index in [9.17, 15) is 10.1 Å². The predicted octanol–water partition coefficient (Wildman–Crippen LogP) is 3.48. The van der Waals surface area contributed by atoms with Gasteiger partial charge < -0.3 is 0 Å². The number of hydrogen-bond donors (Lipinski definition) is 0. The summed E-state index contributed by atoms with van der Waals surface area (Å²) in [5.74, 6) is 0. The lowest BCUT2D eigenvalue weighted by molar-refractivity contribution is -0.425. The lowest BCUT2D eigenvalue weighted by Crippen LogP contribution is -1.96. The third-order valence-electron chi connectivity index (χ3n) is 1.82. The summed E-state index contributed by atoms with van der Waals surface area (Å²) in [6.07, 6.45) is 2.01. The van der Waals surface area contributed by atoms with Crippen molar-refractivity contribution in [3.05, 3.63) is 50.1 Å². The first-order valence-corrected chi connectivity index (χ1v) is 5.04. The molecule has 74 valence electrons. The van der Waals surface area contributed by atoms with E-state index in [2.05, 4.69) is 15.9 Å². The van der Waals surface area contributed by atoms with Crippen molar-refractivity contribution in [1.82, 2.24) is 0 Å². The van der Waals surface area contributed by atoms with Gasteiger partial charge in [0.1, 0.15) is 0 Å². The number of hydrogen-bond acceptors (Lipinski definition) is 2. The molecular formula is C10H10BrNO2. The van der Waals surface area contributed by atoms with Crippen molar-refractivity contribution in [3.8, 4) is 0 Å². The maximum atomic E-state index is 10.6. The summed E-state index contributed by atoms with van der Waals surface area (Å²) >= 11 is 3.34. The summed E-state index contributed by atoms with van der Waals surface area (Å²) in [6.45, 7) is 1.77. The second kappa shape index (κ2) is 4.91. The zero-order valence-corrected chi connectivity index (χ0v) is 9.32. The molecule has 0 heterocycles. The summed E-state index contributed by atoms with van der Waals surface area (Å²) in [4.78, 5) is 10.2. The number of nitro groups is 1. The van der Waals surface area contributed by atoms with Gasteiger partial charge >= 0.3 is 0 Å². The molecule has 0 bridgehead atoms. The first kappa shape index (κ1) is 10.9. The molecule has 4 heteroatoms. The number of benzene rings is 1. The van der Waals surface area contributed by atoms with E-state index in [1.807, 2.05) is 24.3 Å². The topological polar surface area (TPSA) is 43.1 Å². The maximum absolute atomic E-state index is 10.6. The molecule has 0 atom stereocenters. The average Bonchev–Trinajstić information content (AvgIpc) is 2.16. The van der Waals surface area contributed by atoms with Gasteiger partial charge in [0.25, 0.3) is 0 Å². The predicted molar refractivity (Wildman–Crippen MR) is 59.4 cm³/mol. The Bertz CT molecular complexity index is 374. The third kappa shape index (κ3) is 2.67. The Hall–Kier alpha value is -1.16. The molecule has 0 aliphatic carbocycles. The fourth-order valence-electron chi connectivity index (χ4n) is 1.06. The molecular weight excluding hydrogens is 246 g/mol. The Morgan fingerprint density at radius 1 is 1.57 bits per heavy atom. The van der Waals surface area contributed by atoms with Crippen LogP contribution in [-0.4, -0.2) is 4.92 Å². The second-order valence-corrected chi connectivity index (χ2v) is 3.62. The minimum Gasteiger partial charge on any atom is -0.259 e. The van der Waals surface area contributed by atoms with Crippen LogP contribution in [0, 0.1) is 10.1 Å². The molecule has 0 aromatic heterocycles. The Kier molecular flexibility index (Phi) is 3.83. The molecule has 0 saturated carbocycles. The number of nitrogens with zero attached hydrogens (tertiary/aromatic N) is 1. The van der Waals surface area contributed by atoms with Crippen molar-refractivity contribution < 1.29 is 4.92 Å². The van der Waals surface area contributed by atoms with Crippen LogP contribution in [-0.2, 0) is 0 Å². The van der Waals surface area contributed by atoms with Gasteiger partial charge in [-0.15, -0.1) is 0 Å². The van der Waals surface area contributed by atoms with Crippen LogP contribution >= 0.6 is 15.9 Å². The molecule has 0 unspecified atom stereocenters. The van der Waals surface area contributed by atoms with E-state index >= 15 is 0 Å². The summed E-state index contributed by atoms with van der Waals surface area (Å²) in [5, 5.41) is 10.6. The summed E-state index contributed by atoms with van der Waals surface area (Å²) in [5.41, 5.74) is 1.05. The van der Waals surface area contributed by atoms with Crippen LogP contribution in [0.25, 0.3) is 6.08 Å². The van der Waals surface area contributed by atoms with E-state index in [1.165, 1.54) is 0 Å². The quantitative estimate of drug-likeness (QED) is 0.613. The second-order valence-electron chi connectivity index (χ2n) is 2.77. The van der Waals surface area contributed by atoms with Gasteiger partial charge in [0.2, 0.25) is 5.70 Å². The van der Waals surface area contributed by atoms with Crippen LogP contribution in [0.3, 0.4) is 0 Å². The molecule has 0 saturated heterocycles. The number of rotatable bonds is 3. The lowest BCUT2D eigenvalue weighted by atomic mass is 10.2. The number of halogens is 1. The third-order valence-corrected chi connectivity index (χ3v) is 2.55. The van der Waals surface area contributed by atoms with E-state index in [-0.39, 0.29) is 10.6 Å². The molecule has 3 nitrogen and oxygen atoms in total. The van der Waals surface area contributed by atoms with E-state index in [0.29, 0.717) is 6.42 Å². The van der Waals surface area contributed by atoms with Crippen molar-refractivity contribution in [2.45, 2.75) is 13.3 Å². The van der Waals surface area contributed by atoms with Gasteiger partial charge in [-0.2, -0.15) is 0 Å². The summed E-state index contributed by atoms with van der Waals surface area (Å²) in [6, 6.07) is 7.42. The zero-order valence-electron chi connectivity index (χ0n) is 7.74. The monoisotopic (exact) mass is 255 g/mol. The molecule has 0 spiro atoms. The van der Waals surface area contributed by atoms with E-state index in [0.717, 1.165) is 10.0 Å². The highest BCUT2D eigenvalue weighted by Crippen LogP contribution is 2.19. The Morgan fingerprint density at radius 3 is 2.71 bits per heavy atom. The molecule has 14 heavy (non-hydrogen) atoms. The lowest BCUT2D eigenvalue weighted by Gasteiger charge is -1.98. The highest BCUT2D eigenvalue weighted by molar-refractivity contribution is 9.10. The zero-order chi connectivity index (χ0) is 10.6. The van der Waals surface area contributed by atoms with Crippen molar-refractivity contribution in [2.75, 3.05) is 0 Å². The van der Waals surface area contributed by atoms with Crippen molar-refractivity contribution in [1.29, 1.82) is 0 Å². The molecule has 1 aromatic rings. The van der Waals surface area contributed by atoms with Crippen LogP contribution in [0.2, 0.25) is 0 Å². The fourth-order valence-corrected chi connectivity index (χ4v) is 1.45. The first-order valence-electron chi connectivity index (χ1n) is 4.24. The van der Waals surface area contributed by atoms with Crippen molar-refractivity contribution in [3.63, 3.8) is 0 Å². The Labute approximate surface area is 90.7 Å². The normalized spacial score (nSPS) is 11.4. The SMILES string of the molecule is CCC(=Cc1ccccc1Br)[N+](=O)[O-]. The van der Waals surface area contributed by atoms with Gasteiger partial charge in [0.05, 0.1) is 4.92 Å². The highest BCUT2D eigenvalue weighted by atomic mass is 79.9. The molecule has 0 fully saturated rings. The minimum absolute atomic E-state index is 0.219. The van der Waals surface area contributed by atoms with Gasteiger partial charge in [-0.25, -0.2) is 0 Å². The molecule has 1 aromatic carbocycles. The molecule has 0 radical (unpaired) electrons. The molecule has 0 aliphatic heterocycles. The van der Waals surface area contributed by atoms with E-state index in [4.69, 9.17) is 0 Å². The van der Waals surface area contributed by atoms with Crippen LogP contribution in [0.4, 0.5) is 0 Å². The number of allylic oxidation sites excluding steroid dienone is 1. The van der Waals surface area contributed by atoms with Gasteiger partial charge in [0, 0.05) is 17.0 Å². The van der Waals surface area contributed by atoms with Crippen LogP contribution in [0.15, 0.2) is 34.4 Å². The summed E-state index contributed by atoms with van der Waals surface area (Å²) in [7, 11) is 0. The van der Waals surface area contributed by atoms with Crippen molar-refractivity contribution in [2.24, 2.45) is 0 Å². The molecule has 1 rings (SSSR count). The Morgan fingerprint density at radius 2 is 2.21 bits per heavy atom. The van der Waals surface area contributed by atoms with Crippen LogP contribution in [0.1, 0.15) is 18.9 Å². The molecule has 0 aliphatic rings. The Balaban J connectivity index is 3.07. The van der Waals surface area contributed by atoms with Gasteiger partial charge in [0.15, 0.2) is 0 Å². The van der Waals surface area contributed by atoms with Crippen molar-refractivity contribution >= 4 is 22.0 Å². The standard InChI is InChI=1S/C10H10BrNO2/c1-2-9(12(13)14)7-8-5-3-4-6-10(8)11/h3-7H,2H2,1H3. The largest absolute Gasteiger partial charge is 0.259 e. The minimum atomic E-state index is -0.348. The summed E-state index contributed by atoms with van der Waals surface area (Å²) < 4.78 is 0.868.